The van der Waals surface area contributed by atoms with Crippen molar-refractivity contribution >= 4 is 23.9 Å². The minimum atomic E-state index is -1.34. The van der Waals surface area contributed by atoms with Crippen LogP contribution in [0.15, 0.2) is 11.3 Å². The predicted octanol–water partition coefficient (Wildman–Crippen LogP) is 0.188. The normalized spacial score (nSPS) is 23.5. The van der Waals surface area contributed by atoms with Crippen LogP contribution in [0.1, 0.15) is 33.4 Å². The van der Waals surface area contributed by atoms with Gasteiger partial charge in [0.2, 0.25) is 0 Å². The zero-order valence-corrected chi connectivity index (χ0v) is 19.6. The van der Waals surface area contributed by atoms with Gasteiger partial charge in [0.05, 0.1) is 12.8 Å². The highest BCUT2D eigenvalue weighted by Crippen LogP contribution is 2.30. The van der Waals surface area contributed by atoms with Gasteiger partial charge in [0.1, 0.15) is 18.4 Å². The monoisotopic (exact) mass is 498 g/mol. The van der Waals surface area contributed by atoms with Crippen molar-refractivity contribution in [1.82, 2.24) is 15.0 Å². The average Bonchev–Trinajstić information content (AvgIpc) is 3.21. The van der Waals surface area contributed by atoms with Gasteiger partial charge in [-0.3, -0.25) is 23.9 Å². The molecule has 0 aliphatic carbocycles. The highest BCUT2D eigenvalue weighted by atomic mass is 16.7. The summed E-state index contributed by atoms with van der Waals surface area (Å²) in [7, 11) is 0. The van der Waals surface area contributed by atoms with E-state index in [9.17, 15) is 19.2 Å². The molecular weight excluding hydrogens is 472 g/mol. The number of azide groups is 1. The zero-order chi connectivity index (χ0) is 26.0. The second-order valence-corrected chi connectivity index (χ2v) is 7.31. The summed E-state index contributed by atoms with van der Waals surface area (Å²) in [6.45, 7) is 4.47. The topological polar surface area (TPSA) is 203 Å². The van der Waals surface area contributed by atoms with E-state index in [0.29, 0.717) is 5.69 Å². The van der Waals surface area contributed by atoms with Crippen LogP contribution in [0.2, 0.25) is 0 Å². The molecule has 35 heavy (non-hydrogen) atoms. The molecule has 0 bridgehead atoms. The van der Waals surface area contributed by atoms with E-state index in [4.69, 9.17) is 34.0 Å². The number of hydrogen-bond donors (Lipinski definition) is 0. The maximum absolute atomic E-state index is 11.8. The van der Waals surface area contributed by atoms with E-state index in [1.807, 2.05) is 0 Å². The van der Waals surface area contributed by atoms with Crippen LogP contribution in [0.3, 0.4) is 0 Å². The largest absolute Gasteiger partial charge is 0.463 e. The Balaban J connectivity index is 2.28. The summed E-state index contributed by atoms with van der Waals surface area (Å²) in [4.78, 5) is 49.4. The molecule has 0 unspecified atom stereocenters. The molecule has 192 valence electrons. The van der Waals surface area contributed by atoms with Gasteiger partial charge in [-0.05, 0) is 5.53 Å². The molecule has 0 aromatic carbocycles. The van der Waals surface area contributed by atoms with Gasteiger partial charge in [-0.1, -0.05) is 10.3 Å². The maximum Gasteiger partial charge on any atom is 0.303 e. The van der Waals surface area contributed by atoms with Crippen molar-refractivity contribution in [2.45, 2.75) is 71.6 Å². The third-order valence-electron chi connectivity index (χ3n) is 4.42. The van der Waals surface area contributed by atoms with E-state index in [0.717, 1.165) is 20.8 Å². The summed E-state index contributed by atoms with van der Waals surface area (Å²) in [6, 6.07) is 0. The number of rotatable bonds is 11. The smallest absolute Gasteiger partial charge is 0.303 e. The quantitative estimate of drug-likeness (QED) is 0.132. The summed E-state index contributed by atoms with van der Waals surface area (Å²) in [5.74, 6) is -2.86. The number of ether oxygens (including phenoxy) is 6. The minimum absolute atomic E-state index is 0.167. The molecule has 5 atom stereocenters. The van der Waals surface area contributed by atoms with Crippen LogP contribution in [-0.4, -0.2) is 82.7 Å². The summed E-state index contributed by atoms with van der Waals surface area (Å²) < 4.78 is 33.9. The van der Waals surface area contributed by atoms with Gasteiger partial charge in [-0.2, -0.15) is 0 Å². The molecule has 0 amide bonds. The fourth-order valence-electron chi connectivity index (χ4n) is 3.20. The number of esters is 4. The highest BCUT2D eigenvalue weighted by molar-refractivity contribution is 5.68. The van der Waals surface area contributed by atoms with Gasteiger partial charge in [0.15, 0.2) is 24.6 Å². The van der Waals surface area contributed by atoms with Gasteiger partial charge in [-0.15, -0.1) is 5.10 Å². The second-order valence-electron chi connectivity index (χ2n) is 7.31. The van der Waals surface area contributed by atoms with E-state index < -0.39 is 54.6 Å². The Bertz CT molecular complexity index is 962. The molecule has 1 saturated heterocycles. The van der Waals surface area contributed by atoms with E-state index in [-0.39, 0.29) is 26.3 Å². The van der Waals surface area contributed by atoms with Crippen molar-refractivity contribution in [2.24, 2.45) is 5.11 Å². The molecule has 0 saturated carbocycles. The predicted molar refractivity (Wildman–Crippen MR) is 111 cm³/mol. The summed E-state index contributed by atoms with van der Waals surface area (Å²) in [5, 5.41) is 11.2. The zero-order valence-electron chi connectivity index (χ0n) is 19.6. The van der Waals surface area contributed by atoms with Crippen molar-refractivity contribution < 1.29 is 47.6 Å². The van der Waals surface area contributed by atoms with Crippen molar-refractivity contribution in [1.29, 1.82) is 0 Å². The van der Waals surface area contributed by atoms with Gasteiger partial charge in [-0.25, -0.2) is 0 Å². The molecule has 16 nitrogen and oxygen atoms in total. The SMILES string of the molecule is CC(=O)OC[C@H]1O[C@H](OCc2cn(CCN=[N+]=[N-])nn2)[C@@H](OC(C)=O)[C@@H](OC(C)=O)[C@@H]1OC(C)=O. The molecule has 1 aromatic heterocycles. The van der Waals surface area contributed by atoms with E-state index >= 15 is 0 Å². The van der Waals surface area contributed by atoms with E-state index in [1.54, 1.807) is 0 Å². The maximum atomic E-state index is 11.8. The van der Waals surface area contributed by atoms with Crippen molar-refractivity contribution in [3.63, 3.8) is 0 Å². The van der Waals surface area contributed by atoms with Gasteiger partial charge in [0.25, 0.3) is 0 Å². The molecule has 0 radical (unpaired) electrons. The Morgan fingerprint density at radius 1 is 1.03 bits per heavy atom. The first-order chi connectivity index (χ1) is 16.6. The molecule has 2 rings (SSSR count). The number of carbonyl (C=O) groups is 4. The summed E-state index contributed by atoms with van der Waals surface area (Å²) in [5.41, 5.74) is 8.71. The Morgan fingerprint density at radius 2 is 1.66 bits per heavy atom. The second kappa shape index (κ2) is 13.2. The fraction of sp³-hybridized carbons (Fsp3) is 0.684. The van der Waals surface area contributed by atoms with Crippen LogP contribution < -0.4 is 0 Å². The Hall–Kier alpha value is -3.75. The molecule has 16 heteroatoms. The van der Waals surface area contributed by atoms with Crippen LogP contribution in [-0.2, 0) is 60.8 Å². The molecule has 1 aromatic rings. The first kappa shape index (κ1) is 27.5. The summed E-state index contributed by atoms with van der Waals surface area (Å²) >= 11 is 0. The fourth-order valence-corrected chi connectivity index (χ4v) is 3.20. The Labute approximate surface area is 199 Å². The number of carbonyl (C=O) groups excluding carboxylic acids is 4. The molecule has 0 N–H and O–H groups in total. The lowest BCUT2D eigenvalue weighted by Crippen LogP contribution is -2.62. The van der Waals surface area contributed by atoms with Crippen LogP contribution in [0.25, 0.3) is 10.4 Å². The first-order valence-corrected chi connectivity index (χ1v) is 10.4. The lowest BCUT2D eigenvalue weighted by molar-refractivity contribution is -0.310. The average molecular weight is 498 g/mol. The van der Waals surface area contributed by atoms with Crippen molar-refractivity contribution in [3.8, 4) is 0 Å². The third-order valence-corrected chi connectivity index (χ3v) is 4.42. The highest BCUT2D eigenvalue weighted by Gasteiger charge is 2.52. The molecule has 1 aliphatic heterocycles. The van der Waals surface area contributed by atoms with Crippen molar-refractivity contribution in [3.05, 3.63) is 22.3 Å². The molecule has 1 fully saturated rings. The van der Waals surface area contributed by atoms with Gasteiger partial charge in [0, 0.05) is 45.7 Å². The van der Waals surface area contributed by atoms with E-state index in [1.165, 1.54) is 17.8 Å². The van der Waals surface area contributed by atoms with E-state index in [2.05, 4.69) is 20.3 Å². The van der Waals surface area contributed by atoms with Crippen LogP contribution in [0.4, 0.5) is 0 Å². The Kier molecular flexibility index (Phi) is 10.4. The van der Waals surface area contributed by atoms with Gasteiger partial charge >= 0.3 is 23.9 Å². The van der Waals surface area contributed by atoms with Crippen LogP contribution >= 0.6 is 0 Å². The number of nitrogens with zero attached hydrogens (tertiary/aromatic N) is 6. The minimum Gasteiger partial charge on any atom is -0.463 e. The molecule has 1 aliphatic rings. The van der Waals surface area contributed by atoms with Crippen molar-refractivity contribution in [2.75, 3.05) is 13.2 Å². The van der Waals surface area contributed by atoms with Gasteiger partial charge < -0.3 is 28.4 Å². The molecule has 2 heterocycles. The van der Waals surface area contributed by atoms with Crippen LogP contribution in [0.5, 0.6) is 0 Å². The lowest BCUT2D eigenvalue weighted by Gasteiger charge is -2.43. The number of aromatic nitrogens is 3. The Morgan fingerprint density at radius 3 is 2.26 bits per heavy atom. The first-order valence-electron chi connectivity index (χ1n) is 10.4. The summed E-state index contributed by atoms with van der Waals surface area (Å²) in [6.07, 6.45) is -4.86. The third kappa shape index (κ3) is 8.84. The molecular formula is C19H26N6O10. The lowest BCUT2D eigenvalue weighted by atomic mass is 9.98. The van der Waals surface area contributed by atoms with Crippen LogP contribution in [0, 0.1) is 0 Å². The standard InChI is InChI=1S/C19H26N6O10/c1-10(26)30-9-15-16(32-11(2)27)17(33-12(3)28)18(34-13(4)29)19(35-15)31-8-14-7-25(24-22-14)6-5-21-23-20/h7,15-19H,5-6,8-9H2,1-4H3/t15-,16-,17+,18+,19+/m1/s1. The molecule has 0 spiro atoms. The number of hydrogen-bond acceptors (Lipinski definition) is 13.